The molecule has 28 heavy (non-hydrogen) atoms. The van der Waals surface area contributed by atoms with Gasteiger partial charge in [0.15, 0.2) is 0 Å². The standard InChI is InChI=1S/C21H36N2O5/c1-20(2,3)28-18(25)15-22-14-17(24)23-13-9-12-21(23,19(26)27)16-10-7-5-4-6-8-11-16/h16,22H,4-15H2,1-3H3,(H,26,27)/t21-/m1/s1. The van der Waals surface area contributed by atoms with Crippen molar-refractivity contribution in [3.8, 4) is 0 Å². The van der Waals surface area contributed by atoms with Crippen molar-refractivity contribution >= 4 is 17.8 Å². The van der Waals surface area contributed by atoms with E-state index in [1.54, 1.807) is 25.7 Å². The number of likely N-dealkylation sites (tertiary alicyclic amines) is 1. The average molecular weight is 397 g/mol. The number of rotatable bonds is 6. The van der Waals surface area contributed by atoms with E-state index in [2.05, 4.69) is 5.32 Å². The number of aliphatic carboxylic acids is 1. The summed E-state index contributed by atoms with van der Waals surface area (Å²) >= 11 is 0. The maximum Gasteiger partial charge on any atom is 0.329 e. The summed E-state index contributed by atoms with van der Waals surface area (Å²) in [6.07, 6.45) is 8.49. The molecule has 0 spiro atoms. The molecule has 160 valence electrons. The van der Waals surface area contributed by atoms with Crippen LogP contribution in [0.5, 0.6) is 0 Å². The second kappa shape index (κ2) is 9.72. The largest absolute Gasteiger partial charge is 0.479 e. The Balaban J connectivity index is 2.01. The minimum atomic E-state index is -1.10. The molecule has 7 nitrogen and oxygen atoms in total. The number of carboxylic acids is 1. The van der Waals surface area contributed by atoms with Crippen LogP contribution in [0.3, 0.4) is 0 Å². The van der Waals surface area contributed by atoms with Crippen molar-refractivity contribution in [3.05, 3.63) is 0 Å². The molecule has 0 unspecified atom stereocenters. The fourth-order valence-corrected chi connectivity index (χ4v) is 4.69. The van der Waals surface area contributed by atoms with Crippen LogP contribution in [0.2, 0.25) is 0 Å². The molecule has 2 aliphatic rings. The highest BCUT2D eigenvalue weighted by atomic mass is 16.6. The van der Waals surface area contributed by atoms with E-state index in [1.165, 1.54) is 6.42 Å². The molecule has 0 aromatic carbocycles. The molecular weight excluding hydrogens is 360 g/mol. The number of hydrogen-bond donors (Lipinski definition) is 2. The molecule has 2 fully saturated rings. The first kappa shape index (κ1) is 22.7. The van der Waals surface area contributed by atoms with Gasteiger partial charge in [0.2, 0.25) is 5.91 Å². The van der Waals surface area contributed by atoms with Crippen LogP contribution in [0, 0.1) is 5.92 Å². The van der Waals surface area contributed by atoms with Crippen molar-refractivity contribution in [3.63, 3.8) is 0 Å². The third-order valence-electron chi connectivity index (χ3n) is 5.84. The summed E-state index contributed by atoms with van der Waals surface area (Å²) in [5.74, 6) is -1.55. The van der Waals surface area contributed by atoms with Gasteiger partial charge in [-0.2, -0.15) is 0 Å². The number of nitrogens with one attached hydrogen (secondary N) is 1. The second-order valence-electron chi connectivity index (χ2n) is 9.11. The van der Waals surface area contributed by atoms with E-state index >= 15 is 0 Å². The smallest absolute Gasteiger partial charge is 0.329 e. The lowest BCUT2D eigenvalue weighted by atomic mass is 9.74. The van der Waals surface area contributed by atoms with Gasteiger partial charge in [-0.3, -0.25) is 14.9 Å². The zero-order valence-corrected chi connectivity index (χ0v) is 17.6. The number of carbonyl (C=O) groups is 3. The predicted molar refractivity (Wildman–Crippen MR) is 106 cm³/mol. The molecule has 1 aliphatic carbocycles. The van der Waals surface area contributed by atoms with Gasteiger partial charge in [-0.1, -0.05) is 32.1 Å². The van der Waals surface area contributed by atoms with Gasteiger partial charge < -0.3 is 14.7 Å². The number of amides is 1. The third-order valence-corrected chi connectivity index (χ3v) is 5.84. The van der Waals surface area contributed by atoms with Gasteiger partial charge in [-0.05, 0) is 52.4 Å². The predicted octanol–water partition coefficient (Wildman–Crippen LogP) is 2.72. The van der Waals surface area contributed by atoms with Crippen LogP contribution in [0.1, 0.15) is 78.6 Å². The summed E-state index contributed by atoms with van der Waals surface area (Å²) in [7, 11) is 0. The highest BCUT2D eigenvalue weighted by molar-refractivity contribution is 5.89. The monoisotopic (exact) mass is 396 g/mol. The summed E-state index contributed by atoms with van der Waals surface area (Å²) in [4.78, 5) is 38.6. The van der Waals surface area contributed by atoms with Gasteiger partial charge in [-0.25, -0.2) is 4.79 Å². The van der Waals surface area contributed by atoms with Crippen LogP contribution in [0.15, 0.2) is 0 Å². The van der Waals surface area contributed by atoms with Crippen LogP contribution in [-0.4, -0.2) is 58.6 Å². The molecule has 2 N–H and O–H groups in total. The molecule has 0 bridgehead atoms. The Hall–Kier alpha value is -1.63. The van der Waals surface area contributed by atoms with Crippen molar-refractivity contribution < 1.29 is 24.2 Å². The van der Waals surface area contributed by atoms with Crippen molar-refractivity contribution in [2.24, 2.45) is 5.92 Å². The van der Waals surface area contributed by atoms with Gasteiger partial charge in [0.05, 0.1) is 13.1 Å². The Morgan fingerprint density at radius 1 is 1.04 bits per heavy atom. The zero-order valence-electron chi connectivity index (χ0n) is 17.6. The van der Waals surface area contributed by atoms with Crippen molar-refractivity contribution in [1.29, 1.82) is 0 Å². The molecule has 0 aromatic rings. The van der Waals surface area contributed by atoms with E-state index in [4.69, 9.17) is 4.74 Å². The SMILES string of the molecule is CC(C)(C)OC(=O)CNCC(=O)N1CCC[C@]1(C(=O)O)C1CCCCCCC1. The molecule has 1 atom stereocenters. The van der Waals surface area contributed by atoms with E-state index in [1.807, 2.05) is 0 Å². The number of nitrogens with zero attached hydrogens (tertiary/aromatic N) is 1. The summed E-state index contributed by atoms with van der Waals surface area (Å²) in [5, 5.41) is 13.0. The highest BCUT2D eigenvalue weighted by Crippen LogP contribution is 2.42. The Bertz CT molecular complexity index is 564. The molecule has 0 radical (unpaired) electrons. The number of ether oxygens (including phenoxy) is 1. The Morgan fingerprint density at radius 2 is 1.64 bits per heavy atom. The van der Waals surface area contributed by atoms with Gasteiger partial charge in [-0.15, -0.1) is 0 Å². The Morgan fingerprint density at radius 3 is 2.21 bits per heavy atom. The van der Waals surface area contributed by atoms with Crippen LogP contribution in [0.4, 0.5) is 0 Å². The highest BCUT2D eigenvalue weighted by Gasteiger charge is 2.54. The van der Waals surface area contributed by atoms with Gasteiger partial charge in [0, 0.05) is 6.54 Å². The summed E-state index contributed by atoms with van der Waals surface area (Å²) < 4.78 is 5.22. The number of carboxylic acid groups (broad SMARTS) is 1. The topological polar surface area (TPSA) is 95.9 Å². The lowest BCUT2D eigenvalue weighted by molar-refractivity contribution is -0.161. The zero-order chi connectivity index (χ0) is 20.8. The van der Waals surface area contributed by atoms with Crippen LogP contribution in [0.25, 0.3) is 0 Å². The Labute approximate surface area is 168 Å². The third kappa shape index (κ3) is 5.69. The number of hydrogen-bond acceptors (Lipinski definition) is 5. The normalized spacial score (nSPS) is 24.5. The van der Waals surface area contributed by atoms with E-state index in [0.29, 0.717) is 19.4 Å². The maximum absolute atomic E-state index is 12.9. The van der Waals surface area contributed by atoms with Crippen LogP contribution in [-0.2, 0) is 19.1 Å². The van der Waals surface area contributed by atoms with Crippen molar-refractivity contribution in [2.45, 2.75) is 89.7 Å². The van der Waals surface area contributed by atoms with E-state index in [0.717, 1.165) is 38.5 Å². The Kier molecular flexibility index (Phi) is 7.87. The molecular formula is C21H36N2O5. The fraction of sp³-hybridized carbons (Fsp3) is 0.857. The molecule has 1 amide bonds. The second-order valence-corrected chi connectivity index (χ2v) is 9.11. The van der Waals surface area contributed by atoms with Crippen LogP contribution < -0.4 is 5.32 Å². The molecule has 1 saturated carbocycles. The van der Waals surface area contributed by atoms with E-state index in [9.17, 15) is 19.5 Å². The van der Waals surface area contributed by atoms with Gasteiger partial charge >= 0.3 is 11.9 Å². The molecule has 7 heteroatoms. The van der Waals surface area contributed by atoms with Crippen LogP contribution >= 0.6 is 0 Å². The van der Waals surface area contributed by atoms with Gasteiger partial charge in [0.1, 0.15) is 11.1 Å². The van der Waals surface area contributed by atoms with Crippen molar-refractivity contribution in [2.75, 3.05) is 19.6 Å². The molecule has 1 saturated heterocycles. The number of carbonyl (C=O) groups excluding carboxylic acids is 2. The maximum atomic E-state index is 12.9. The molecule has 0 aromatic heterocycles. The quantitative estimate of drug-likeness (QED) is 0.670. The minimum Gasteiger partial charge on any atom is -0.479 e. The average Bonchev–Trinajstić information content (AvgIpc) is 2.98. The van der Waals surface area contributed by atoms with Crippen molar-refractivity contribution in [1.82, 2.24) is 10.2 Å². The summed E-state index contributed by atoms with van der Waals surface area (Å²) in [6, 6.07) is 0. The number of esters is 1. The summed E-state index contributed by atoms with van der Waals surface area (Å²) in [5.41, 5.74) is -1.67. The van der Waals surface area contributed by atoms with E-state index < -0.39 is 23.1 Å². The first-order valence-corrected chi connectivity index (χ1v) is 10.6. The first-order valence-electron chi connectivity index (χ1n) is 10.6. The van der Waals surface area contributed by atoms with Gasteiger partial charge in [0.25, 0.3) is 0 Å². The minimum absolute atomic E-state index is 0.00241. The molecule has 1 heterocycles. The lowest BCUT2D eigenvalue weighted by Gasteiger charge is -2.42. The first-order chi connectivity index (χ1) is 13.2. The fourth-order valence-electron chi connectivity index (χ4n) is 4.69. The lowest BCUT2D eigenvalue weighted by Crippen LogP contribution is -2.59. The molecule has 2 rings (SSSR count). The molecule has 1 aliphatic heterocycles. The van der Waals surface area contributed by atoms with E-state index in [-0.39, 0.29) is 24.9 Å². The summed E-state index contributed by atoms with van der Waals surface area (Å²) in [6.45, 7) is 5.71.